The summed E-state index contributed by atoms with van der Waals surface area (Å²) in [5.74, 6) is -0.343. The van der Waals surface area contributed by atoms with Gasteiger partial charge in [-0.25, -0.2) is 8.42 Å². The minimum absolute atomic E-state index is 0.0632. The summed E-state index contributed by atoms with van der Waals surface area (Å²) in [6.07, 6.45) is 1.84. The Bertz CT molecular complexity index is 423. The Labute approximate surface area is 122 Å². The molecule has 1 saturated heterocycles. The van der Waals surface area contributed by atoms with Gasteiger partial charge >= 0.3 is 0 Å². The summed E-state index contributed by atoms with van der Waals surface area (Å²) in [4.78, 5) is 13.1. The lowest BCUT2D eigenvalue weighted by Crippen LogP contribution is -2.48. The number of piperidine rings is 1. The zero-order chi connectivity index (χ0) is 15.4. The van der Waals surface area contributed by atoms with Crippen molar-refractivity contribution in [2.75, 3.05) is 31.9 Å². The molecule has 0 aromatic rings. The number of nitrogens with one attached hydrogen (secondary N) is 1. The largest absolute Gasteiger partial charge is 0.369 e. The monoisotopic (exact) mass is 305 g/mol. The maximum atomic E-state index is 12.2. The van der Waals surface area contributed by atoms with Gasteiger partial charge in [0.05, 0.1) is 17.0 Å². The van der Waals surface area contributed by atoms with E-state index in [1.165, 1.54) is 0 Å². The zero-order valence-corrected chi connectivity index (χ0v) is 13.5. The second-order valence-electron chi connectivity index (χ2n) is 6.35. The fourth-order valence-electron chi connectivity index (χ4n) is 2.31. The fraction of sp³-hybridized carbons (Fsp3) is 0.923. The van der Waals surface area contributed by atoms with Crippen molar-refractivity contribution < 1.29 is 13.2 Å². The normalized spacial score (nSPS) is 18.4. The van der Waals surface area contributed by atoms with Crippen LogP contribution in [0.25, 0.3) is 0 Å². The van der Waals surface area contributed by atoms with Gasteiger partial charge in [0.1, 0.15) is 0 Å². The molecule has 1 aliphatic rings. The van der Waals surface area contributed by atoms with E-state index in [-0.39, 0.29) is 18.3 Å². The maximum Gasteiger partial charge on any atom is 0.231 e. The van der Waals surface area contributed by atoms with Gasteiger partial charge in [0.2, 0.25) is 5.91 Å². The number of primary amides is 1. The molecule has 0 aliphatic carbocycles. The third kappa shape index (κ3) is 5.03. The molecule has 1 amide bonds. The second kappa shape index (κ2) is 6.87. The van der Waals surface area contributed by atoms with E-state index in [4.69, 9.17) is 5.73 Å². The number of hydrogen-bond donors (Lipinski definition) is 2. The molecule has 3 N–H and O–H groups in total. The number of carbonyl (C=O) groups excluding carboxylic acids is 1. The molecular weight excluding hydrogens is 278 g/mol. The first-order valence-electron chi connectivity index (χ1n) is 7.09. The first kappa shape index (κ1) is 17.4. The smallest absolute Gasteiger partial charge is 0.231 e. The summed E-state index contributed by atoms with van der Waals surface area (Å²) in [6, 6.07) is 0.235. The zero-order valence-electron chi connectivity index (χ0n) is 12.7. The topological polar surface area (TPSA) is 92.5 Å². The predicted molar refractivity (Wildman–Crippen MR) is 80.2 cm³/mol. The van der Waals surface area contributed by atoms with Crippen LogP contribution in [0.2, 0.25) is 0 Å². The van der Waals surface area contributed by atoms with Gasteiger partial charge in [-0.2, -0.15) is 0 Å². The summed E-state index contributed by atoms with van der Waals surface area (Å²) in [6.45, 7) is 7.39. The second-order valence-corrected chi connectivity index (χ2v) is 9.21. The van der Waals surface area contributed by atoms with Crippen molar-refractivity contribution in [3.05, 3.63) is 0 Å². The van der Waals surface area contributed by atoms with Gasteiger partial charge in [0.25, 0.3) is 0 Å². The van der Waals surface area contributed by atoms with Crippen LogP contribution in [-0.4, -0.2) is 61.9 Å². The van der Waals surface area contributed by atoms with Crippen molar-refractivity contribution in [1.29, 1.82) is 0 Å². The standard InChI is InChI=1S/C13H27N3O3S/c1-13(2,3)20(18,19)9-8-16(10-12(14)17)11-4-6-15-7-5-11/h11,15H,4-10H2,1-3H3,(H2,14,17). The molecule has 1 heterocycles. The van der Waals surface area contributed by atoms with Gasteiger partial charge < -0.3 is 11.1 Å². The average Bonchev–Trinajstić information content (AvgIpc) is 2.33. The summed E-state index contributed by atoms with van der Waals surface area (Å²) < 4.78 is 23.6. The van der Waals surface area contributed by atoms with E-state index in [1.54, 1.807) is 20.8 Å². The number of sulfone groups is 1. The fourth-order valence-corrected chi connectivity index (χ4v) is 3.39. The first-order valence-corrected chi connectivity index (χ1v) is 8.74. The number of rotatable bonds is 6. The van der Waals surface area contributed by atoms with E-state index in [2.05, 4.69) is 5.32 Å². The van der Waals surface area contributed by atoms with Crippen LogP contribution >= 0.6 is 0 Å². The Kier molecular flexibility index (Phi) is 5.97. The molecule has 6 nitrogen and oxygen atoms in total. The molecule has 0 unspecified atom stereocenters. The highest BCUT2D eigenvalue weighted by Gasteiger charge is 2.30. The SMILES string of the molecule is CC(C)(C)S(=O)(=O)CCN(CC(N)=O)C1CCNCC1. The lowest BCUT2D eigenvalue weighted by Gasteiger charge is -2.34. The number of hydrogen-bond acceptors (Lipinski definition) is 5. The highest BCUT2D eigenvalue weighted by Crippen LogP contribution is 2.18. The molecule has 20 heavy (non-hydrogen) atoms. The van der Waals surface area contributed by atoms with E-state index in [9.17, 15) is 13.2 Å². The van der Waals surface area contributed by atoms with Crippen molar-refractivity contribution in [2.45, 2.75) is 44.4 Å². The Balaban J connectivity index is 2.68. The molecule has 0 aromatic heterocycles. The van der Waals surface area contributed by atoms with Crippen molar-refractivity contribution >= 4 is 15.7 Å². The Morgan fingerprint density at radius 3 is 2.30 bits per heavy atom. The highest BCUT2D eigenvalue weighted by atomic mass is 32.2. The molecule has 118 valence electrons. The Morgan fingerprint density at radius 2 is 1.85 bits per heavy atom. The van der Waals surface area contributed by atoms with Crippen molar-refractivity contribution in [2.24, 2.45) is 5.73 Å². The quantitative estimate of drug-likeness (QED) is 0.705. The van der Waals surface area contributed by atoms with Crippen LogP contribution in [0.3, 0.4) is 0 Å². The van der Waals surface area contributed by atoms with Gasteiger partial charge in [-0.05, 0) is 46.7 Å². The van der Waals surface area contributed by atoms with Gasteiger partial charge in [0, 0.05) is 12.6 Å². The van der Waals surface area contributed by atoms with Crippen molar-refractivity contribution in [3.8, 4) is 0 Å². The van der Waals surface area contributed by atoms with E-state index < -0.39 is 20.5 Å². The molecule has 0 bridgehead atoms. The van der Waals surface area contributed by atoms with Gasteiger partial charge in [-0.1, -0.05) is 0 Å². The van der Waals surface area contributed by atoms with Gasteiger partial charge in [-0.3, -0.25) is 9.69 Å². The summed E-state index contributed by atoms with van der Waals surface area (Å²) in [5.41, 5.74) is 5.28. The molecule has 0 aromatic carbocycles. The molecule has 1 rings (SSSR count). The number of amides is 1. The third-order valence-corrected chi connectivity index (χ3v) is 6.35. The van der Waals surface area contributed by atoms with Crippen molar-refractivity contribution in [1.82, 2.24) is 10.2 Å². The number of nitrogens with zero attached hydrogens (tertiary/aromatic N) is 1. The summed E-state index contributed by atoms with van der Waals surface area (Å²) in [7, 11) is -3.18. The molecule has 7 heteroatoms. The first-order chi connectivity index (χ1) is 9.13. The van der Waals surface area contributed by atoms with Crippen LogP contribution in [0.5, 0.6) is 0 Å². The van der Waals surface area contributed by atoms with E-state index >= 15 is 0 Å². The summed E-state index contributed by atoms with van der Waals surface area (Å²) in [5, 5.41) is 3.26. The third-order valence-electron chi connectivity index (χ3n) is 3.76. The minimum Gasteiger partial charge on any atom is -0.369 e. The predicted octanol–water partition coefficient (Wildman–Crippen LogP) is -0.261. The Hall–Kier alpha value is -0.660. The van der Waals surface area contributed by atoms with Gasteiger partial charge in [-0.15, -0.1) is 0 Å². The minimum atomic E-state index is -3.18. The lowest BCUT2D eigenvalue weighted by molar-refractivity contribution is -0.119. The Morgan fingerprint density at radius 1 is 1.30 bits per heavy atom. The number of nitrogens with two attached hydrogens (primary N) is 1. The van der Waals surface area contributed by atoms with E-state index in [1.807, 2.05) is 4.90 Å². The lowest BCUT2D eigenvalue weighted by atomic mass is 10.0. The summed E-state index contributed by atoms with van der Waals surface area (Å²) >= 11 is 0. The van der Waals surface area contributed by atoms with Gasteiger partial charge in [0.15, 0.2) is 9.84 Å². The van der Waals surface area contributed by atoms with Crippen LogP contribution in [0, 0.1) is 0 Å². The van der Waals surface area contributed by atoms with Crippen molar-refractivity contribution in [3.63, 3.8) is 0 Å². The molecule has 0 radical (unpaired) electrons. The van der Waals surface area contributed by atoms with Crippen LogP contribution in [0.1, 0.15) is 33.6 Å². The van der Waals surface area contributed by atoms with Crippen LogP contribution in [-0.2, 0) is 14.6 Å². The molecule has 0 saturated carbocycles. The van der Waals surface area contributed by atoms with E-state index in [0.29, 0.717) is 6.54 Å². The van der Waals surface area contributed by atoms with E-state index in [0.717, 1.165) is 25.9 Å². The molecule has 1 aliphatic heterocycles. The maximum absolute atomic E-state index is 12.2. The number of carbonyl (C=O) groups is 1. The molecule has 0 atom stereocenters. The average molecular weight is 305 g/mol. The molecule has 0 spiro atoms. The molecule has 1 fully saturated rings. The van der Waals surface area contributed by atoms with Crippen LogP contribution in [0.15, 0.2) is 0 Å². The van der Waals surface area contributed by atoms with Crippen LogP contribution in [0.4, 0.5) is 0 Å². The molecular formula is C13H27N3O3S. The van der Waals surface area contributed by atoms with Crippen LogP contribution < -0.4 is 11.1 Å². The highest BCUT2D eigenvalue weighted by molar-refractivity contribution is 7.92.